The molecular weight excluding hydrogens is 318 g/mol. The summed E-state index contributed by atoms with van der Waals surface area (Å²) in [6.07, 6.45) is 4.60. The van der Waals surface area contributed by atoms with Gasteiger partial charge in [0.2, 0.25) is 0 Å². The summed E-state index contributed by atoms with van der Waals surface area (Å²) in [6.45, 7) is 5.43. The van der Waals surface area contributed by atoms with Crippen LogP contribution in [-0.2, 0) is 4.74 Å². The zero-order chi connectivity index (χ0) is 17.8. The lowest BCUT2D eigenvalue weighted by Crippen LogP contribution is -2.10. The monoisotopic (exact) mass is 339 g/mol. The van der Waals surface area contributed by atoms with Crippen molar-refractivity contribution < 1.29 is 14.6 Å². The van der Waals surface area contributed by atoms with Gasteiger partial charge in [-0.15, -0.1) is 0 Å². The highest BCUT2D eigenvalue weighted by atomic mass is 16.5. The zero-order valence-electron chi connectivity index (χ0n) is 14.3. The summed E-state index contributed by atoms with van der Waals surface area (Å²) in [4.78, 5) is 20.1. The summed E-state index contributed by atoms with van der Waals surface area (Å²) in [5.41, 5.74) is 0.862. The fraction of sp³-hybridized carbons (Fsp3) is 0.316. The molecular formula is C19H21N3O3. The van der Waals surface area contributed by atoms with Gasteiger partial charge in [0.15, 0.2) is 0 Å². The predicted molar refractivity (Wildman–Crippen MR) is 98.2 cm³/mol. The molecule has 0 saturated carbocycles. The number of ether oxygens (including phenoxy) is 1. The number of aromatic nitrogens is 2. The van der Waals surface area contributed by atoms with Crippen molar-refractivity contribution in [2.24, 2.45) is 0 Å². The molecule has 25 heavy (non-hydrogen) atoms. The second kappa shape index (κ2) is 7.44. The smallest absolute Gasteiger partial charge is 0.335 e. The Bertz CT molecular complexity index is 909. The van der Waals surface area contributed by atoms with Crippen LogP contribution < -0.4 is 5.32 Å². The first kappa shape index (κ1) is 17.1. The number of carboxylic acids is 1. The van der Waals surface area contributed by atoms with Crippen molar-refractivity contribution in [1.82, 2.24) is 9.97 Å². The molecule has 2 N–H and O–H groups in total. The lowest BCUT2D eigenvalue weighted by atomic mass is 10.1. The topological polar surface area (TPSA) is 84.3 Å². The van der Waals surface area contributed by atoms with E-state index < -0.39 is 5.97 Å². The molecule has 6 heteroatoms. The number of anilines is 1. The third-order valence-electron chi connectivity index (χ3n) is 3.91. The van der Waals surface area contributed by atoms with Gasteiger partial charge in [-0.1, -0.05) is 6.07 Å². The average molecular weight is 339 g/mol. The number of benzene rings is 1. The lowest BCUT2D eigenvalue weighted by molar-refractivity contribution is 0.0696. The van der Waals surface area contributed by atoms with Crippen LogP contribution in [0.25, 0.3) is 21.7 Å². The summed E-state index contributed by atoms with van der Waals surface area (Å²) in [5.74, 6) is -0.229. The Morgan fingerprint density at radius 2 is 2.08 bits per heavy atom. The SMILES string of the molecule is CC(C)OCCCNc1nc2cc(C(=O)O)ccc2c2cnccc12. The molecule has 0 aliphatic carbocycles. The van der Waals surface area contributed by atoms with Gasteiger partial charge in [0, 0.05) is 41.7 Å². The molecule has 2 aromatic heterocycles. The van der Waals surface area contributed by atoms with E-state index in [0.29, 0.717) is 12.1 Å². The van der Waals surface area contributed by atoms with E-state index in [9.17, 15) is 9.90 Å². The minimum atomic E-state index is -0.963. The van der Waals surface area contributed by atoms with Crippen molar-refractivity contribution >= 4 is 33.5 Å². The normalized spacial score (nSPS) is 11.3. The highest BCUT2D eigenvalue weighted by Crippen LogP contribution is 2.29. The maximum absolute atomic E-state index is 11.2. The molecule has 0 atom stereocenters. The Labute approximate surface area is 145 Å². The maximum atomic E-state index is 11.2. The number of nitrogens with one attached hydrogen (secondary N) is 1. The third-order valence-corrected chi connectivity index (χ3v) is 3.91. The Hall–Kier alpha value is -2.73. The van der Waals surface area contributed by atoms with Gasteiger partial charge in [0.25, 0.3) is 0 Å². The molecule has 130 valence electrons. The first-order valence-corrected chi connectivity index (χ1v) is 8.32. The largest absolute Gasteiger partial charge is 0.478 e. The summed E-state index contributed by atoms with van der Waals surface area (Å²) in [7, 11) is 0. The molecule has 2 heterocycles. The molecule has 0 unspecified atom stereocenters. The number of rotatable bonds is 7. The van der Waals surface area contributed by atoms with Crippen LogP contribution in [0.5, 0.6) is 0 Å². The Morgan fingerprint density at radius 3 is 2.84 bits per heavy atom. The van der Waals surface area contributed by atoms with E-state index in [-0.39, 0.29) is 11.7 Å². The quantitative estimate of drug-likeness (QED) is 0.504. The van der Waals surface area contributed by atoms with Crippen LogP contribution in [0.3, 0.4) is 0 Å². The fourth-order valence-corrected chi connectivity index (χ4v) is 2.71. The molecule has 3 aromatic rings. The molecule has 0 fully saturated rings. The lowest BCUT2D eigenvalue weighted by Gasteiger charge is -2.12. The fourth-order valence-electron chi connectivity index (χ4n) is 2.71. The molecule has 0 spiro atoms. The van der Waals surface area contributed by atoms with Gasteiger partial charge in [0.05, 0.1) is 17.2 Å². The highest BCUT2D eigenvalue weighted by Gasteiger charge is 2.11. The van der Waals surface area contributed by atoms with Crippen LogP contribution in [0.15, 0.2) is 36.7 Å². The van der Waals surface area contributed by atoms with Crippen LogP contribution in [-0.4, -0.2) is 40.3 Å². The second-order valence-corrected chi connectivity index (χ2v) is 6.12. The molecule has 0 aliphatic rings. The van der Waals surface area contributed by atoms with E-state index in [1.165, 1.54) is 0 Å². The number of aromatic carboxylic acids is 1. The zero-order valence-corrected chi connectivity index (χ0v) is 14.3. The first-order chi connectivity index (χ1) is 12.1. The minimum Gasteiger partial charge on any atom is -0.478 e. The van der Waals surface area contributed by atoms with Crippen molar-refractivity contribution in [2.45, 2.75) is 26.4 Å². The van der Waals surface area contributed by atoms with Gasteiger partial charge >= 0.3 is 5.97 Å². The molecule has 1 aromatic carbocycles. The molecule has 6 nitrogen and oxygen atoms in total. The number of nitrogens with zero attached hydrogens (tertiary/aromatic N) is 2. The Kier molecular flexibility index (Phi) is 5.09. The van der Waals surface area contributed by atoms with Gasteiger partial charge in [-0.2, -0.15) is 0 Å². The predicted octanol–water partition coefficient (Wildman–Crippen LogP) is 3.71. The van der Waals surface area contributed by atoms with Gasteiger partial charge < -0.3 is 15.2 Å². The van der Waals surface area contributed by atoms with Crippen molar-refractivity contribution in [2.75, 3.05) is 18.5 Å². The molecule has 0 aliphatic heterocycles. The highest BCUT2D eigenvalue weighted by molar-refractivity contribution is 6.10. The van der Waals surface area contributed by atoms with Crippen LogP contribution in [0.1, 0.15) is 30.6 Å². The van der Waals surface area contributed by atoms with E-state index in [0.717, 1.165) is 34.9 Å². The standard InChI is InChI=1S/C19H21N3O3/c1-12(2)25-9-3-7-21-18-15-6-8-20-11-16(15)14-5-4-13(19(23)24)10-17(14)22-18/h4-6,8,10-12H,3,7,9H2,1-2H3,(H,21,22)(H,23,24). The van der Waals surface area contributed by atoms with Crippen molar-refractivity contribution in [3.63, 3.8) is 0 Å². The molecule has 0 saturated heterocycles. The van der Waals surface area contributed by atoms with Crippen LogP contribution in [0.4, 0.5) is 5.82 Å². The number of carbonyl (C=O) groups is 1. The third kappa shape index (κ3) is 3.85. The van der Waals surface area contributed by atoms with E-state index >= 15 is 0 Å². The molecule has 3 rings (SSSR count). The number of carboxylic acid groups (broad SMARTS) is 1. The van der Waals surface area contributed by atoms with Gasteiger partial charge in [0.1, 0.15) is 5.82 Å². The van der Waals surface area contributed by atoms with Crippen molar-refractivity contribution in [1.29, 1.82) is 0 Å². The van der Waals surface area contributed by atoms with Crippen LogP contribution in [0.2, 0.25) is 0 Å². The van der Waals surface area contributed by atoms with Crippen LogP contribution in [0, 0.1) is 0 Å². The summed E-state index contributed by atoms with van der Waals surface area (Å²) in [5, 5.41) is 15.3. The van der Waals surface area contributed by atoms with Gasteiger partial charge in [-0.25, -0.2) is 9.78 Å². The van der Waals surface area contributed by atoms with Crippen molar-refractivity contribution in [3.05, 3.63) is 42.2 Å². The molecule has 0 amide bonds. The summed E-state index contributed by atoms with van der Waals surface area (Å²) < 4.78 is 5.54. The van der Waals surface area contributed by atoms with Gasteiger partial charge in [-0.3, -0.25) is 4.98 Å². The van der Waals surface area contributed by atoms with Crippen molar-refractivity contribution in [3.8, 4) is 0 Å². The van der Waals surface area contributed by atoms with E-state index in [1.54, 1.807) is 30.6 Å². The number of pyridine rings is 2. The number of hydrogen-bond donors (Lipinski definition) is 2. The molecule has 0 radical (unpaired) electrons. The number of fused-ring (bicyclic) bond motifs is 3. The van der Waals surface area contributed by atoms with Crippen LogP contribution >= 0.6 is 0 Å². The van der Waals surface area contributed by atoms with E-state index in [1.807, 2.05) is 19.9 Å². The van der Waals surface area contributed by atoms with Gasteiger partial charge in [-0.05, 0) is 38.5 Å². The Balaban J connectivity index is 1.93. The average Bonchev–Trinajstić information content (AvgIpc) is 2.60. The van der Waals surface area contributed by atoms with E-state index in [2.05, 4.69) is 15.3 Å². The summed E-state index contributed by atoms with van der Waals surface area (Å²) >= 11 is 0. The second-order valence-electron chi connectivity index (χ2n) is 6.12. The molecule has 0 bridgehead atoms. The first-order valence-electron chi connectivity index (χ1n) is 8.32. The number of hydrogen-bond acceptors (Lipinski definition) is 5. The Morgan fingerprint density at radius 1 is 1.24 bits per heavy atom. The maximum Gasteiger partial charge on any atom is 0.335 e. The summed E-state index contributed by atoms with van der Waals surface area (Å²) in [6, 6.07) is 6.89. The van der Waals surface area contributed by atoms with E-state index in [4.69, 9.17) is 4.74 Å². The minimum absolute atomic E-state index is 0.222.